The molecular formula is C10H13N3O. The van der Waals surface area contributed by atoms with Crippen molar-refractivity contribution in [3.8, 4) is 5.88 Å². The van der Waals surface area contributed by atoms with Gasteiger partial charge in [-0.1, -0.05) is 0 Å². The molecule has 1 saturated carbocycles. The third-order valence-corrected chi connectivity index (χ3v) is 2.66. The molecule has 0 amide bonds. The van der Waals surface area contributed by atoms with Crippen molar-refractivity contribution in [3.63, 3.8) is 0 Å². The summed E-state index contributed by atoms with van der Waals surface area (Å²) >= 11 is 0. The van der Waals surface area contributed by atoms with Gasteiger partial charge >= 0.3 is 0 Å². The van der Waals surface area contributed by atoms with Gasteiger partial charge in [0.1, 0.15) is 6.10 Å². The molecule has 2 fully saturated rings. The van der Waals surface area contributed by atoms with E-state index < -0.39 is 0 Å². The Morgan fingerprint density at radius 1 is 1.29 bits per heavy atom. The number of ether oxygens (including phenoxy) is 1. The summed E-state index contributed by atoms with van der Waals surface area (Å²) in [6, 6.07) is 0. The molecule has 1 aliphatic heterocycles. The Labute approximate surface area is 82.7 Å². The van der Waals surface area contributed by atoms with Crippen LogP contribution in [0, 0.1) is 0 Å². The highest BCUT2D eigenvalue weighted by molar-refractivity contribution is 5.16. The van der Waals surface area contributed by atoms with Crippen molar-refractivity contribution < 1.29 is 4.74 Å². The van der Waals surface area contributed by atoms with Crippen LogP contribution >= 0.6 is 0 Å². The van der Waals surface area contributed by atoms with E-state index in [-0.39, 0.29) is 0 Å². The number of hydrogen-bond donors (Lipinski definition) is 1. The number of nitrogens with zero attached hydrogens (tertiary/aromatic N) is 2. The highest BCUT2D eigenvalue weighted by Gasteiger charge is 2.26. The normalized spacial score (nSPS) is 21.7. The third kappa shape index (κ3) is 1.57. The second kappa shape index (κ2) is 3.20. The van der Waals surface area contributed by atoms with Gasteiger partial charge < -0.3 is 10.1 Å². The third-order valence-electron chi connectivity index (χ3n) is 2.66. The second-order valence-electron chi connectivity index (χ2n) is 3.95. The van der Waals surface area contributed by atoms with Crippen LogP contribution in [0.1, 0.15) is 24.5 Å². The largest absolute Gasteiger partial charge is 0.471 e. The monoisotopic (exact) mass is 191 g/mol. The average molecular weight is 191 g/mol. The van der Waals surface area contributed by atoms with E-state index >= 15 is 0 Å². The summed E-state index contributed by atoms with van der Waals surface area (Å²) in [6.45, 7) is 1.85. The zero-order valence-corrected chi connectivity index (χ0v) is 7.94. The topological polar surface area (TPSA) is 47.0 Å². The van der Waals surface area contributed by atoms with Crippen molar-refractivity contribution in [2.45, 2.75) is 24.9 Å². The highest BCUT2D eigenvalue weighted by atomic mass is 16.5. The summed E-state index contributed by atoms with van der Waals surface area (Å²) in [4.78, 5) is 8.59. The van der Waals surface area contributed by atoms with Crippen molar-refractivity contribution in [1.29, 1.82) is 0 Å². The predicted molar refractivity (Wildman–Crippen MR) is 51.3 cm³/mol. The molecule has 0 atom stereocenters. The Morgan fingerprint density at radius 3 is 2.79 bits per heavy atom. The zero-order valence-electron chi connectivity index (χ0n) is 7.94. The minimum atomic E-state index is 0.291. The molecule has 3 rings (SSSR count). The summed E-state index contributed by atoms with van der Waals surface area (Å²) in [6.07, 6.45) is 6.35. The average Bonchev–Trinajstić information content (AvgIpc) is 2.95. The van der Waals surface area contributed by atoms with E-state index in [0.717, 1.165) is 18.8 Å². The van der Waals surface area contributed by atoms with Crippen molar-refractivity contribution >= 4 is 0 Å². The smallest absolute Gasteiger partial charge is 0.232 e. The van der Waals surface area contributed by atoms with Crippen molar-refractivity contribution in [1.82, 2.24) is 15.3 Å². The first-order valence-electron chi connectivity index (χ1n) is 5.11. The number of hydrogen-bond acceptors (Lipinski definition) is 4. The van der Waals surface area contributed by atoms with E-state index in [1.54, 1.807) is 6.20 Å². The Bertz CT molecular complexity index is 334. The van der Waals surface area contributed by atoms with Crippen LogP contribution in [0.25, 0.3) is 0 Å². The van der Waals surface area contributed by atoms with Crippen LogP contribution in [0.3, 0.4) is 0 Å². The zero-order chi connectivity index (χ0) is 9.38. The molecule has 1 saturated heterocycles. The maximum absolute atomic E-state index is 5.63. The summed E-state index contributed by atoms with van der Waals surface area (Å²) in [5.41, 5.74) is 1.09. The predicted octanol–water partition coefficient (Wildman–Crippen LogP) is 0.705. The molecule has 0 aromatic carbocycles. The molecule has 0 unspecified atom stereocenters. The molecule has 74 valence electrons. The Kier molecular flexibility index (Phi) is 1.87. The quantitative estimate of drug-likeness (QED) is 0.764. The summed E-state index contributed by atoms with van der Waals surface area (Å²) < 4.78 is 5.63. The standard InChI is InChI=1S/C10H13N3O/c1-2-7(1)9-5-12-6-10(13-9)14-8-3-11-4-8/h5-8,11H,1-4H2. The first kappa shape index (κ1) is 8.17. The fourth-order valence-electron chi connectivity index (χ4n) is 1.51. The Balaban J connectivity index is 1.72. The summed E-state index contributed by atoms with van der Waals surface area (Å²) in [7, 11) is 0. The van der Waals surface area contributed by atoms with E-state index in [9.17, 15) is 0 Å². The van der Waals surface area contributed by atoms with Gasteiger partial charge in [0, 0.05) is 25.2 Å². The molecule has 4 heteroatoms. The van der Waals surface area contributed by atoms with E-state index in [2.05, 4.69) is 15.3 Å². The molecule has 1 aliphatic carbocycles. The number of rotatable bonds is 3. The molecule has 4 nitrogen and oxygen atoms in total. The minimum absolute atomic E-state index is 0.291. The molecule has 1 aromatic rings. The molecule has 1 aromatic heterocycles. The summed E-state index contributed by atoms with van der Waals surface area (Å²) in [5, 5.41) is 3.16. The van der Waals surface area contributed by atoms with E-state index in [0.29, 0.717) is 17.9 Å². The van der Waals surface area contributed by atoms with Crippen LogP contribution in [0.4, 0.5) is 0 Å². The van der Waals surface area contributed by atoms with Crippen molar-refractivity contribution in [3.05, 3.63) is 18.1 Å². The molecule has 0 radical (unpaired) electrons. The van der Waals surface area contributed by atoms with Crippen LogP contribution in [-0.4, -0.2) is 29.2 Å². The fraction of sp³-hybridized carbons (Fsp3) is 0.600. The van der Waals surface area contributed by atoms with E-state index in [1.807, 2.05) is 6.20 Å². The molecular weight excluding hydrogens is 178 g/mol. The van der Waals surface area contributed by atoms with Gasteiger partial charge in [-0.3, -0.25) is 4.98 Å². The van der Waals surface area contributed by atoms with Crippen LogP contribution < -0.4 is 10.1 Å². The fourth-order valence-corrected chi connectivity index (χ4v) is 1.51. The van der Waals surface area contributed by atoms with Gasteiger partial charge in [0.15, 0.2) is 0 Å². The van der Waals surface area contributed by atoms with Gasteiger partial charge in [0.25, 0.3) is 0 Å². The van der Waals surface area contributed by atoms with Gasteiger partial charge in [-0.25, -0.2) is 4.98 Å². The van der Waals surface area contributed by atoms with Crippen LogP contribution in [0.2, 0.25) is 0 Å². The molecule has 1 N–H and O–H groups in total. The van der Waals surface area contributed by atoms with Gasteiger partial charge in [0.05, 0.1) is 11.9 Å². The van der Waals surface area contributed by atoms with E-state index in [1.165, 1.54) is 12.8 Å². The van der Waals surface area contributed by atoms with Crippen molar-refractivity contribution in [2.75, 3.05) is 13.1 Å². The molecule has 2 aliphatic rings. The second-order valence-corrected chi connectivity index (χ2v) is 3.95. The van der Waals surface area contributed by atoms with Crippen LogP contribution in [0.15, 0.2) is 12.4 Å². The maximum Gasteiger partial charge on any atom is 0.232 e. The van der Waals surface area contributed by atoms with Crippen molar-refractivity contribution in [2.24, 2.45) is 0 Å². The van der Waals surface area contributed by atoms with Gasteiger partial charge in [-0.15, -0.1) is 0 Å². The van der Waals surface area contributed by atoms with Gasteiger partial charge in [-0.05, 0) is 12.8 Å². The Morgan fingerprint density at radius 2 is 2.14 bits per heavy atom. The molecule has 0 spiro atoms. The van der Waals surface area contributed by atoms with Crippen LogP contribution in [-0.2, 0) is 0 Å². The minimum Gasteiger partial charge on any atom is -0.471 e. The first-order chi connectivity index (χ1) is 6.92. The Hall–Kier alpha value is -1.16. The molecule has 2 heterocycles. The maximum atomic E-state index is 5.63. The summed E-state index contributed by atoms with van der Waals surface area (Å²) in [5.74, 6) is 1.33. The molecule has 14 heavy (non-hydrogen) atoms. The number of aromatic nitrogens is 2. The van der Waals surface area contributed by atoms with E-state index in [4.69, 9.17) is 4.74 Å². The lowest BCUT2D eigenvalue weighted by molar-refractivity contribution is 0.135. The first-order valence-corrected chi connectivity index (χ1v) is 5.11. The molecule has 0 bridgehead atoms. The van der Waals surface area contributed by atoms with Gasteiger partial charge in [0.2, 0.25) is 5.88 Å². The lowest BCUT2D eigenvalue weighted by atomic mass is 10.2. The lowest BCUT2D eigenvalue weighted by Gasteiger charge is -2.27. The number of nitrogens with one attached hydrogen (secondary N) is 1. The SMILES string of the molecule is c1ncc(C2CC2)nc1OC1CNC1. The lowest BCUT2D eigenvalue weighted by Crippen LogP contribution is -2.50. The highest BCUT2D eigenvalue weighted by Crippen LogP contribution is 2.39. The van der Waals surface area contributed by atoms with Crippen LogP contribution in [0.5, 0.6) is 5.88 Å². The van der Waals surface area contributed by atoms with Gasteiger partial charge in [-0.2, -0.15) is 0 Å².